The van der Waals surface area contributed by atoms with Gasteiger partial charge >= 0.3 is 0 Å². The van der Waals surface area contributed by atoms with Crippen molar-refractivity contribution in [2.24, 2.45) is 0 Å². The molecule has 3 aromatic rings. The lowest BCUT2D eigenvalue weighted by atomic mass is 10.2. The molecule has 0 radical (unpaired) electrons. The van der Waals surface area contributed by atoms with Crippen LogP contribution in [0.25, 0.3) is 0 Å². The highest BCUT2D eigenvalue weighted by atomic mass is 35.5. The van der Waals surface area contributed by atoms with Gasteiger partial charge in [-0.2, -0.15) is 0 Å². The van der Waals surface area contributed by atoms with Gasteiger partial charge in [-0.25, -0.2) is 9.97 Å². The molecule has 1 heterocycles. The minimum Gasteiger partial charge on any atom is -0.324 e. The first-order valence-corrected chi connectivity index (χ1v) is 7.71. The third kappa shape index (κ3) is 4.08. The van der Waals surface area contributed by atoms with Crippen molar-refractivity contribution in [3.63, 3.8) is 0 Å². The van der Waals surface area contributed by atoms with Gasteiger partial charge in [-0.05, 0) is 49.4 Å². The van der Waals surface area contributed by atoms with Crippen molar-refractivity contribution >= 4 is 34.8 Å². The molecule has 0 saturated carbocycles. The van der Waals surface area contributed by atoms with E-state index in [9.17, 15) is 4.79 Å². The normalized spacial score (nSPS) is 10.2. The first-order valence-electron chi connectivity index (χ1n) is 7.34. The minimum absolute atomic E-state index is 0.280. The van der Waals surface area contributed by atoms with Crippen LogP contribution in [0, 0.1) is 6.92 Å². The summed E-state index contributed by atoms with van der Waals surface area (Å²) in [7, 11) is 0. The van der Waals surface area contributed by atoms with Crippen LogP contribution in [0.15, 0.2) is 60.8 Å². The lowest BCUT2D eigenvalue weighted by molar-refractivity contribution is 0.102. The van der Waals surface area contributed by atoms with Crippen molar-refractivity contribution < 1.29 is 4.79 Å². The van der Waals surface area contributed by atoms with E-state index in [0.717, 1.165) is 16.9 Å². The number of aromatic nitrogens is 2. The van der Waals surface area contributed by atoms with Gasteiger partial charge in [0.2, 0.25) is 5.95 Å². The maximum atomic E-state index is 12.3. The number of amides is 1. The smallest absolute Gasteiger partial charge is 0.274 e. The zero-order chi connectivity index (χ0) is 16.9. The first kappa shape index (κ1) is 16.0. The maximum absolute atomic E-state index is 12.3. The van der Waals surface area contributed by atoms with Crippen molar-refractivity contribution in [3.05, 3.63) is 77.1 Å². The Kier molecular flexibility index (Phi) is 4.72. The second kappa shape index (κ2) is 7.10. The third-order valence-corrected chi connectivity index (χ3v) is 3.55. The second-order valence-electron chi connectivity index (χ2n) is 5.22. The Balaban J connectivity index is 1.73. The van der Waals surface area contributed by atoms with Crippen LogP contribution >= 0.6 is 11.6 Å². The summed E-state index contributed by atoms with van der Waals surface area (Å²) >= 11 is 5.86. The minimum atomic E-state index is -0.291. The zero-order valence-corrected chi connectivity index (χ0v) is 13.7. The summed E-state index contributed by atoms with van der Waals surface area (Å²) in [6.45, 7) is 1.99. The van der Waals surface area contributed by atoms with Crippen LogP contribution in [-0.4, -0.2) is 15.9 Å². The molecule has 24 heavy (non-hydrogen) atoms. The monoisotopic (exact) mass is 338 g/mol. The summed E-state index contributed by atoms with van der Waals surface area (Å²) in [5.74, 6) is 0.0503. The molecule has 0 saturated heterocycles. The lowest BCUT2D eigenvalue weighted by Crippen LogP contribution is -2.14. The van der Waals surface area contributed by atoms with Gasteiger partial charge in [0.1, 0.15) is 5.69 Å². The molecule has 3 rings (SSSR count). The van der Waals surface area contributed by atoms with Gasteiger partial charge in [-0.3, -0.25) is 4.79 Å². The fourth-order valence-electron chi connectivity index (χ4n) is 2.04. The number of benzene rings is 2. The molecule has 0 atom stereocenters. The molecule has 0 bridgehead atoms. The van der Waals surface area contributed by atoms with Gasteiger partial charge in [0.25, 0.3) is 5.91 Å². The predicted octanol–water partition coefficient (Wildman–Crippen LogP) is 4.43. The molecule has 5 nitrogen and oxygen atoms in total. The van der Waals surface area contributed by atoms with Gasteiger partial charge in [-0.1, -0.05) is 29.3 Å². The van der Waals surface area contributed by atoms with Gasteiger partial charge in [0.15, 0.2) is 0 Å². The number of anilines is 3. The third-order valence-electron chi connectivity index (χ3n) is 3.30. The van der Waals surface area contributed by atoms with Crippen LogP contribution in [0.2, 0.25) is 5.02 Å². The summed E-state index contributed by atoms with van der Waals surface area (Å²) in [6, 6.07) is 16.3. The molecule has 0 unspecified atom stereocenters. The van der Waals surface area contributed by atoms with Gasteiger partial charge in [-0.15, -0.1) is 0 Å². The van der Waals surface area contributed by atoms with Crippen LogP contribution in [0.5, 0.6) is 0 Å². The maximum Gasteiger partial charge on any atom is 0.274 e. The molecular formula is C18H15ClN4O. The number of halogens is 1. The first-order chi connectivity index (χ1) is 11.6. The fraction of sp³-hybridized carbons (Fsp3) is 0.0556. The van der Waals surface area contributed by atoms with Crippen LogP contribution in [0.3, 0.4) is 0 Å². The number of aryl methyl sites for hydroxylation is 1. The molecule has 1 amide bonds. The van der Waals surface area contributed by atoms with Gasteiger partial charge < -0.3 is 10.6 Å². The Labute approximate surface area is 144 Å². The predicted molar refractivity (Wildman–Crippen MR) is 95.9 cm³/mol. The number of rotatable bonds is 4. The molecule has 0 fully saturated rings. The zero-order valence-electron chi connectivity index (χ0n) is 13.0. The largest absolute Gasteiger partial charge is 0.324 e. The van der Waals surface area contributed by atoms with E-state index in [0.29, 0.717) is 11.0 Å². The van der Waals surface area contributed by atoms with Crippen molar-refractivity contribution in [1.82, 2.24) is 9.97 Å². The molecule has 0 aliphatic carbocycles. The molecule has 0 aliphatic rings. The number of hydrogen-bond acceptors (Lipinski definition) is 4. The number of nitrogens with zero attached hydrogens (tertiary/aromatic N) is 2. The number of carbonyl (C=O) groups is 1. The van der Waals surface area contributed by atoms with Crippen LogP contribution in [-0.2, 0) is 0 Å². The molecule has 6 heteroatoms. The Morgan fingerprint density at radius 2 is 1.62 bits per heavy atom. The van der Waals surface area contributed by atoms with Gasteiger partial charge in [0, 0.05) is 22.6 Å². The number of nitrogens with one attached hydrogen (secondary N) is 2. The van der Waals surface area contributed by atoms with Gasteiger partial charge in [0.05, 0.1) is 0 Å². The van der Waals surface area contributed by atoms with Crippen molar-refractivity contribution in [1.29, 1.82) is 0 Å². The summed E-state index contributed by atoms with van der Waals surface area (Å²) in [4.78, 5) is 20.7. The van der Waals surface area contributed by atoms with E-state index in [2.05, 4.69) is 20.6 Å². The van der Waals surface area contributed by atoms with E-state index in [4.69, 9.17) is 11.6 Å². The standard InChI is InChI=1S/C18H15ClN4O/c1-12-2-6-14(7-3-12)21-17(24)16-10-11-20-18(23-16)22-15-8-4-13(19)5-9-15/h2-11H,1H3,(H,21,24)(H,20,22,23). The SMILES string of the molecule is Cc1ccc(NC(=O)c2ccnc(Nc3ccc(Cl)cc3)n2)cc1. The Bertz CT molecular complexity index is 848. The van der Waals surface area contributed by atoms with Crippen LogP contribution < -0.4 is 10.6 Å². The van der Waals surface area contributed by atoms with E-state index in [1.165, 1.54) is 6.20 Å². The highest BCUT2D eigenvalue weighted by molar-refractivity contribution is 6.30. The molecule has 120 valence electrons. The van der Waals surface area contributed by atoms with Crippen LogP contribution in [0.4, 0.5) is 17.3 Å². The Morgan fingerprint density at radius 1 is 0.958 bits per heavy atom. The van der Waals surface area contributed by atoms with E-state index < -0.39 is 0 Å². The highest BCUT2D eigenvalue weighted by Crippen LogP contribution is 2.17. The number of hydrogen-bond donors (Lipinski definition) is 2. The second-order valence-corrected chi connectivity index (χ2v) is 5.65. The Morgan fingerprint density at radius 3 is 2.33 bits per heavy atom. The molecule has 1 aromatic heterocycles. The molecule has 2 aromatic carbocycles. The topological polar surface area (TPSA) is 66.9 Å². The highest BCUT2D eigenvalue weighted by Gasteiger charge is 2.09. The van der Waals surface area contributed by atoms with E-state index in [1.54, 1.807) is 18.2 Å². The summed E-state index contributed by atoms with van der Waals surface area (Å²) in [5, 5.41) is 6.49. The molecule has 0 spiro atoms. The van der Waals surface area contributed by atoms with E-state index >= 15 is 0 Å². The average Bonchev–Trinajstić information content (AvgIpc) is 2.59. The summed E-state index contributed by atoms with van der Waals surface area (Å²) in [6.07, 6.45) is 1.54. The number of carbonyl (C=O) groups excluding carboxylic acids is 1. The Hall–Kier alpha value is -2.92. The summed E-state index contributed by atoms with van der Waals surface area (Å²) in [5.41, 5.74) is 2.92. The molecular weight excluding hydrogens is 324 g/mol. The van der Waals surface area contributed by atoms with Crippen molar-refractivity contribution in [2.45, 2.75) is 6.92 Å². The molecule has 2 N–H and O–H groups in total. The lowest BCUT2D eigenvalue weighted by Gasteiger charge is -2.08. The average molecular weight is 339 g/mol. The van der Waals surface area contributed by atoms with E-state index in [-0.39, 0.29) is 11.6 Å². The van der Waals surface area contributed by atoms with Crippen molar-refractivity contribution in [3.8, 4) is 0 Å². The molecule has 0 aliphatic heterocycles. The quantitative estimate of drug-likeness (QED) is 0.738. The van der Waals surface area contributed by atoms with Crippen molar-refractivity contribution in [2.75, 3.05) is 10.6 Å². The summed E-state index contributed by atoms with van der Waals surface area (Å²) < 4.78 is 0. The fourth-order valence-corrected chi connectivity index (χ4v) is 2.17. The van der Waals surface area contributed by atoms with Crippen LogP contribution in [0.1, 0.15) is 16.1 Å². The van der Waals surface area contributed by atoms with E-state index in [1.807, 2.05) is 43.3 Å².